The molecule has 0 saturated carbocycles. The highest BCUT2D eigenvalue weighted by Crippen LogP contribution is 2.19. The van der Waals surface area contributed by atoms with Crippen LogP contribution in [0.25, 0.3) is 22.1 Å². The number of para-hydroxylation sites is 2. The van der Waals surface area contributed by atoms with Gasteiger partial charge in [0.05, 0.1) is 16.7 Å². The molecule has 5 rings (SSSR count). The van der Waals surface area contributed by atoms with Gasteiger partial charge < -0.3 is 0 Å². The van der Waals surface area contributed by atoms with Gasteiger partial charge >= 0.3 is 5.69 Å². The van der Waals surface area contributed by atoms with Crippen LogP contribution >= 0.6 is 0 Å². The standard InChI is InChI=1S/C25H18N2O2/c28-24-21(17-18-9-3-1-4-10-18)23-16-15-19-11-7-8-14-22(19)27(23)25(29)26(24)20-12-5-2-6-13-20/h1-16H,17H2. The first-order chi connectivity index (χ1) is 14.2. The molecule has 0 saturated heterocycles. The van der Waals surface area contributed by atoms with Crippen LogP contribution in [-0.4, -0.2) is 8.97 Å². The third kappa shape index (κ3) is 2.86. The van der Waals surface area contributed by atoms with Gasteiger partial charge in [-0.05, 0) is 35.2 Å². The number of hydrogen-bond donors (Lipinski definition) is 0. The second-order valence-corrected chi connectivity index (χ2v) is 7.01. The summed E-state index contributed by atoms with van der Waals surface area (Å²) < 4.78 is 2.93. The summed E-state index contributed by atoms with van der Waals surface area (Å²) in [6, 6.07) is 30.5. The van der Waals surface area contributed by atoms with E-state index in [1.807, 2.05) is 84.9 Å². The van der Waals surface area contributed by atoms with E-state index in [4.69, 9.17) is 0 Å². The quantitative estimate of drug-likeness (QED) is 0.442. The van der Waals surface area contributed by atoms with Crippen molar-refractivity contribution in [2.45, 2.75) is 6.42 Å². The molecule has 0 atom stereocenters. The van der Waals surface area contributed by atoms with Crippen molar-refractivity contribution in [2.24, 2.45) is 0 Å². The van der Waals surface area contributed by atoms with Crippen LogP contribution in [0.4, 0.5) is 0 Å². The molecule has 29 heavy (non-hydrogen) atoms. The molecule has 2 aromatic heterocycles. The predicted octanol–water partition coefficient (Wildman–Crippen LogP) is 4.19. The molecule has 140 valence electrons. The minimum atomic E-state index is -0.357. The molecule has 0 aliphatic heterocycles. The van der Waals surface area contributed by atoms with Crippen molar-refractivity contribution in [1.29, 1.82) is 0 Å². The van der Waals surface area contributed by atoms with Crippen molar-refractivity contribution in [3.8, 4) is 5.69 Å². The van der Waals surface area contributed by atoms with E-state index >= 15 is 0 Å². The van der Waals surface area contributed by atoms with E-state index < -0.39 is 0 Å². The first-order valence-electron chi connectivity index (χ1n) is 9.52. The fourth-order valence-electron chi connectivity index (χ4n) is 3.85. The summed E-state index contributed by atoms with van der Waals surface area (Å²) in [6.07, 6.45) is 0.453. The number of benzene rings is 3. The van der Waals surface area contributed by atoms with Gasteiger partial charge in [-0.15, -0.1) is 0 Å². The highest BCUT2D eigenvalue weighted by Gasteiger charge is 2.17. The maximum absolute atomic E-state index is 13.5. The highest BCUT2D eigenvalue weighted by molar-refractivity contribution is 5.83. The molecule has 3 aromatic carbocycles. The average molecular weight is 378 g/mol. The highest BCUT2D eigenvalue weighted by atomic mass is 16.2. The number of pyridine rings is 1. The van der Waals surface area contributed by atoms with Gasteiger partial charge in [0.15, 0.2) is 0 Å². The smallest absolute Gasteiger partial charge is 0.268 e. The zero-order chi connectivity index (χ0) is 19.8. The molecule has 0 aliphatic carbocycles. The Morgan fingerprint density at radius 2 is 1.28 bits per heavy atom. The van der Waals surface area contributed by atoms with Crippen molar-refractivity contribution < 1.29 is 0 Å². The monoisotopic (exact) mass is 378 g/mol. The molecule has 4 heteroatoms. The first kappa shape index (κ1) is 17.2. The predicted molar refractivity (Wildman–Crippen MR) is 116 cm³/mol. The van der Waals surface area contributed by atoms with Crippen LogP contribution in [0.15, 0.2) is 107 Å². The van der Waals surface area contributed by atoms with Crippen LogP contribution in [0.3, 0.4) is 0 Å². The molecule has 0 unspecified atom stereocenters. The number of hydrogen-bond acceptors (Lipinski definition) is 2. The van der Waals surface area contributed by atoms with Gasteiger partial charge in [-0.25, -0.2) is 9.36 Å². The molecule has 0 aliphatic rings. The Morgan fingerprint density at radius 3 is 2.03 bits per heavy atom. The van der Waals surface area contributed by atoms with Crippen molar-refractivity contribution >= 4 is 16.4 Å². The van der Waals surface area contributed by atoms with Crippen LogP contribution in [-0.2, 0) is 6.42 Å². The molecule has 0 radical (unpaired) electrons. The van der Waals surface area contributed by atoms with Crippen LogP contribution in [0.1, 0.15) is 11.1 Å². The van der Waals surface area contributed by atoms with Crippen LogP contribution in [0.2, 0.25) is 0 Å². The third-order valence-electron chi connectivity index (χ3n) is 5.23. The van der Waals surface area contributed by atoms with Gasteiger partial charge in [0, 0.05) is 12.0 Å². The number of fused-ring (bicyclic) bond motifs is 3. The summed E-state index contributed by atoms with van der Waals surface area (Å²) in [5.74, 6) is 0. The van der Waals surface area contributed by atoms with Crippen molar-refractivity contribution in [3.63, 3.8) is 0 Å². The van der Waals surface area contributed by atoms with Crippen LogP contribution in [0, 0.1) is 0 Å². The normalized spacial score (nSPS) is 11.2. The summed E-state index contributed by atoms with van der Waals surface area (Å²) in [7, 11) is 0. The van der Waals surface area contributed by atoms with E-state index in [1.54, 1.807) is 16.5 Å². The zero-order valence-electron chi connectivity index (χ0n) is 15.7. The molecular formula is C25H18N2O2. The summed E-state index contributed by atoms with van der Waals surface area (Å²) in [5.41, 5.74) is 3.00. The zero-order valence-corrected chi connectivity index (χ0v) is 15.7. The topological polar surface area (TPSA) is 43.5 Å². The lowest BCUT2D eigenvalue weighted by Gasteiger charge is -2.14. The molecule has 0 amide bonds. The van der Waals surface area contributed by atoms with E-state index in [1.165, 1.54) is 4.57 Å². The average Bonchev–Trinajstić information content (AvgIpc) is 2.77. The van der Waals surface area contributed by atoms with Gasteiger partial charge in [-0.2, -0.15) is 0 Å². The molecule has 0 fully saturated rings. The third-order valence-corrected chi connectivity index (χ3v) is 5.23. The minimum Gasteiger partial charge on any atom is -0.268 e. The second-order valence-electron chi connectivity index (χ2n) is 7.01. The number of aromatic nitrogens is 2. The van der Waals surface area contributed by atoms with Crippen LogP contribution < -0.4 is 11.2 Å². The Labute approximate surface area is 166 Å². The lowest BCUT2D eigenvalue weighted by molar-refractivity contribution is 0.837. The molecule has 5 aromatic rings. The van der Waals surface area contributed by atoms with Gasteiger partial charge in [-0.3, -0.25) is 9.20 Å². The lowest BCUT2D eigenvalue weighted by Crippen LogP contribution is -2.38. The van der Waals surface area contributed by atoms with E-state index in [0.717, 1.165) is 16.5 Å². The lowest BCUT2D eigenvalue weighted by atomic mass is 10.0. The Morgan fingerprint density at radius 1 is 0.621 bits per heavy atom. The number of nitrogens with zero attached hydrogens (tertiary/aromatic N) is 2. The van der Waals surface area contributed by atoms with E-state index in [2.05, 4.69) is 0 Å². The maximum Gasteiger partial charge on any atom is 0.340 e. The summed E-state index contributed by atoms with van der Waals surface area (Å²) in [5, 5.41) is 0.950. The maximum atomic E-state index is 13.5. The van der Waals surface area contributed by atoms with Crippen LogP contribution in [0.5, 0.6) is 0 Å². The van der Waals surface area contributed by atoms with Gasteiger partial charge in [0.2, 0.25) is 0 Å². The van der Waals surface area contributed by atoms with Gasteiger partial charge in [0.25, 0.3) is 5.56 Å². The van der Waals surface area contributed by atoms with Gasteiger partial charge in [0.1, 0.15) is 0 Å². The fraction of sp³-hybridized carbons (Fsp3) is 0.0400. The summed E-state index contributed by atoms with van der Waals surface area (Å²) in [6.45, 7) is 0. The summed E-state index contributed by atoms with van der Waals surface area (Å²) in [4.78, 5) is 27.0. The molecule has 0 spiro atoms. The molecule has 0 N–H and O–H groups in total. The molecule has 4 nitrogen and oxygen atoms in total. The Hall–Kier alpha value is -3.92. The van der Waals surface area contributed by atoms with E-state index in [-0.39, 0.29) is 11.2 Å². The Kier molecular flexibility index (Phi) is 4.10. The molecular weight excluding hydrogens is 360 g/mol. The minimum absolute atomic E-state index is 0.277. The number of rotatable bonds is 3. The van der Waals surface area contributed by atoms with Gasteiger partial charge in [-0.1, -0.05) is 72.8 Å². The van der Waals surface area contributed by atoms with Crippen molar-refractivity contribution in [1.82, 2.24) is 8.97 Å². The fourth-order valence-corrected chi connectivity index (χ4v) is 3.85. The SMILES string of the molecule is O=c1c(Cc2ccccc2)c2ccc3ccccc3n2c(=O)n1-c1ccccc1. The summed E-state index contributed by atoms with van der Waals surface area (Å²) >= 11 is 0. The second kappa shape index (κ2) is 6.91. The van der Waals surface area contributed by atoms with Crippen molar-refractivity contribution in [3.05, 3.63) is 129 Å². The Balaban J connectivity index is 1.94. The van der Waals surface area contributed by atoms with Crippen molar-refractivity contribution in [2.75, 3.05) is 0 Å². The first-order valence-corrected chi connectivity index (χ1v) is 9.52. The molecule has 0 bridgehead atoms. The largest absolute Gasteiger partial charge is 0.340 e. The Bertz CT molecular complexity index is 1450. The molecule has 2 heterocycles. The van der Waals surface area contributed by atoms with E-state index in [9.17, 15) is 9.59 Å². The van der Waals surface area contributed by atoms with E-state index in [0.29, 0.717) is 23.2 Å².